The topological polar surface area (TPSA) is 17.1 Å². The van der Waals surface area contributed by atoms with Crippen LogP contribution in [0.15, 0.2) is 21.2 Å². The van der Waals surface area contributed by atoms with Crippen LogP contribution in [-0.2, 0) is 4.79 Å². The molecule has 136 valence electrons. The summed E-state index contributed by atoms with van der Waals surface area (Å²) in [6.45, 7) is 1.74. The summed E-state index contributed by atoms with van der Waals surface area (Å²) in [7, 11) is 0. The molecule has 0 fully saturated rings. The van der Waals surface area contributed by atoms with Gasteiger partial charge in [0.15, 0.2) is 10.1 Å². The minimum Gasteiger partial charge on any atom is -0.295 e. The van der Waals surface area contributed by atoms with E-state index in [-0.39, 0.29) is 10.8 Å². The molecule has 0 aromatic rings. The summed E-state index contributed by atoms with van der Waals surface area (Å²) in [6, 6.07) is 0. The van der Waals surface area contributed by atoms with E-state index >= 15 is 0 Å². The Labute approximate surface area is 177 Å². The third kappa shape index (κ3) is 4.19. The van der Waals surface area contributed by atoms with E-state index in [0.29, 0.717) is 36.3 Å². The second kappa shape index (κ2) is 8.05. The minimum atomic E-state index is -1.85. The van der Waals surface area contributed by atoms with Crippen LogP contribution in [-0.4, -0.2) is 19.8 Å². The van der Waals surface area contributed by atoms with Crippen molar-refractivity contribution in [2.24, 2.45) is 5.92 Å². The van der Waals surface area contributed by atoms with Gasteiger partial charge in [-0.2, -0.15) is 0 Å². The van der Waals surface area contributed by atoms with Crippen LogP contribution in [0.2, 0.25) is 0 Å². The van der Waals surface area contributed by atoms with Crippen molar-refractivity contribution in [2.45, 2.75) is 59.5 Å². The average molecular weight is 473 g/mol. The van der Waals surface area contributed by atoms with Gasteiger partial charge in [0.05, 0.1) is 10.1 Å². The fourth-order valence-corrected chi connectivity index (χ4v) is 5.01. The lowest BCUT2D eigenvalue weighted by Gasteiger charge is -2.24. The van der Waals surface area contributed by atoms with Crippen LogP contribution in [0.4, 0.5) is 0 Å². The van der Waals surface area contributed by atoms with Crippen LogP contribution in [0.3, 0.4) is 0 Å². The van der Waals surface area contributed by atoms with E-state index in [9.17, 15) is 4.79 Å². The van der Waals surface area contributed by atoms with Gasteiger partial charge in [-0.3, -0.25) is 4.79 Å². The van der Waals surface area contributed by atoms with Crippen molar-refractivity contribution in [1.82, 2.24) is 0 Å². The van der Waals surface area contributed by atoms with E-state index in [0.717, 1.165) is 18.4 Å². The van der Waals surface area contributed by atoms with Crippen molar-refractivity contribution in [3.63, 3.8) is 0 Å². The summed E-state index contributed by atoms with van der Waals surface area (Å²) < 4.78 is -3.02. The molecule has 2 unspecified atom stereocenters. The molecule has 2 rings (SSSR count). The van der Waals surface area contributed by atoms with Gasteiger partial charge in [0, 0.05) is 11.3 Å². The molecule has 0 heterocycles. The number of Topliss-reactive ketones (excluding diaryl/α,β-unsaturated/α-hetero) is 1. The quantitative estimate of drug-likeness (QED) is 0.380. The van der Waals surface area contributed by atoms with E-state index in [1.54, 1.807) is 6.92 Å². The fourth-order valence-electron chi connectivity index (χ4n) is 3.17. The number of carbonyl (C=O) groups excluding carboxylic acids is 1. The molecule has 1 nitrogen and oxygen atoms in total. The Bertz CT molecular complexity index is 589. The lowest BCUT2D eigenvalue weighted by atomic mass is 9.92. The minimum absolute atomic E-state index is 0.0785. The molecular weight excluding hydrogens is 456 g/mol. The predicted octanol–water partition coefficient (Wildman–Crippen LogP) is 7.50. The molecule has 2 aliphatic carbocycles. The smallest absolute Gasteiger partial charge is 0.211 e. The maximum atomic E-state index is 12.7. The predicted molar refractivity (Wildman–Crippen MR) is 106 cm³/mol. The SMILES string of the molecule is CC(Cl)C1CCC(C2=C(Cl)C(Cl)(Cl)CCCC2)=C(Cl)C(Cl)(Cl)C1=O. The van der Waals surface area contributed by atoms with Gasteiger partial charge in [0.25, 0.3) is 0 Å². The zero-order valence-corrected chi connectivity index (χ0v) is 18.2. The second-order valence-corrected chi connectivity index (χ2v) is 10.5. The lowest BCUT2D eigenvalue weighted by Crippen LogP contribution is -2.35. The van der Waals surface area contributed by atoms with Gasteiger partial charge >= 0.3 is 0 Å². The molecule has 0 saturated heterocycles. The van der Waals surface area contributed by atoms with Gasteiger partial charge in [0.2, 0.25) is 4.33 Å². The maximum Gasteiger partial charge on any atom is 0.211 e. The largest absolute Gasteiger partial charge is 0.295 e. The van der Waals surface area contributed by atoms with Gasteiger partial charge in [-0.05, 0) is 56.6 Å². The summed E-state index contributed by atoms with van der Waals surface area (Å²) in [4.78, 5) is 12.7. The molecule has 0 aromatic carbocycles. The van der Waals surface area contributed by atoms with Crippen LogP contribution in [0.25, 0.3) is 0 Å². The molecule has 2 aliphatic rings. The Hall–Kier alpha value is 1.18. The van der Waals surface area contributed by atoms with Crippen LogP contribution < -0.4 is 0 Å². The van der Waals surface area contributed by atoms with Gasteiger partial charge in [-0.1, -0.05) is 69.6 Å². The molecule has 0 saturated carbocycles. The molecule has 0 spiro atoms. The number of hydrogen-bond donors (Lipinski definition) is 0. The normalized spacial score (nSPS) is 29.3. The highest BCUT2D eigenvalue weighted by molar-refractivity contribution is 6.65. The number of carbonyl (C=O) groups is 1. The maximum absolute atomic E-state index is 12.7. The summed E-state index contributed by atoms with van der Waals surface area (Å²) >= 11 is 44.5. The van der Waals surface area contributed by atoms with Crippen molar-refractivity contribution < 1.29 is 4.79 Å². The van der Waals surface area contributed by atoms with Crippen LogP contribution in [0.5, 0.6) is 0 Å². The number of alkyl halides is 5. The Morgan fingerprint density at radius 2 is 1.58 bits per heavy atom. The molecular formula is C16H17Cl7O. The van der Waals surface area contributed by atoms with Crippen molar-refractivity contribution >= 4 is 87.0 Å². The number of hydrogen-bond acceptors (Lipinski definition) is 1. The summed E-state index contributed by atoms with van der Waals surface area (Å²) in [6.07, 6.45) is 3.89. The standard InChI is InChI=1S/C16H17Cl7O/c1-8(17)9-5-6-11(13(19)16(22,23)14(9)24)10-4-2-3-7-15(20,21)12(10)18/h8-9H,2-7H2,1H3. The monoisotopic (exact) mass is 470 g/mol. The molecule has 0 amide bonds. The zero-order valence-electron chi connectivity index (χ0n) is 13.0. The van der Waals surface area contributed by atoms with E-state index in [4.69, 9.17) is 81.2 Å². The Balaban J connectivity index is 2.56. The highest BCUT2D eigenvalue weighted by Gasteiger charge is 2.47. The third-order valence-electron chi connectivity index (χ3n) is 4.56. The van der Waals surface area contributed by atoms with Crippen molar-refractivity contribution in [2.75, 3.05) is 0 Å². The van der Waals surface area contributed by atoms with Crippen molar-refractivity contribution in [3.05, 3.63) is 21.2 Å². The molecule has 0 radical (unpaired) electrons. The second-order valence-electron chi connectivity index (χ2n) is 6.26. The molecule has 8 heteroatoms. The molecule has 0 bridgehead atoms. The molecule has 0 aromatic heterocycles. The van der Waals surface area contributed by atoms with E-state index in [1.807, 2.05) is 0 Å². The highest BCUT2D eigenvalue weighted by Crippen LogP contribution is 2.50. The van der Waals surface area contributed by atoms with E-state index in [2.05, 4.69) is 0 Å². The average Bonchev–Trinajstić information content (AvgIpc) is 2.66. The van der Waals surface area contributed by atoms with Crippen LogP contribution in [0, 0.1) is 5.92 Å². The van der Waals surface area contributed by atoms with Gasteiger partial charge in [0.1, 0.15) is 0 Å². The molecule has 0 N–H and O–H groups in total. The van der Waals surface area contributed by atoms with Crippen LogP contribution in [0.1, 0.15) is 45.4 Å². The Morgan fingerprint density at radius 3 is 2.17 bits per heavy atom. The molecule has 24 heavy (non-hydrogen) atoms. The number of allylic oxidation sites excluding steroid dienone is 4. The first-order valence-electron chi connectivity index (χ1n) is 7.72. The third-order valence-corrected chi connectivity index (χ3v) is 7.82. The van der Waals surface area contributed by atoms with Crippen molar-refractivity contribution in [1.29, 1.82) is 0 Å². The van der Waals surface area contributed by atoms with Crippen LogP contribution >= 0.6 is 81.2 Å². The zero-order chi connectivity index (χ0) is 18.3. The Morgan fingerprint density at radius 1 is 1.00 bits per heavy atom. The van der Waals surface area contributed by atoms with Crippen molar-refractivity contribution in [3.8, 4) is 0 Å². The summed E-state index contributed by atoms with van der Waals surface area (Å²) in [5.41, 5.74) is 1.40. The van der Waals surface area contributed by atoms with Gasteiger partial charge in [-0.25, -0.2) is 0 Å². The lowest BCUT2D eigenvalue weighted by molar-refractivity contribution is -0.122. The summed E-state index contributed by atoms with van der Waals surface area (Å²) in [5, 5.41) is 0.0113. The molecule has 0 aliphatic heterocycles. The first-order chi connectivity index (χ1) is 11.0. The highest BCUT2D eigenvalue weighted by atomic mass is 35.5. The van der Waals surface area contributed by atoms with E-state index < -0.39 is 20.0 Å². The van der Waals surface area contributed by atoms with Gasteiger partial charge in [-0.15, -0.1) is 11.6 Å². The first-order valence-corrected chi connectivity index (χ1v) is 10.4. The van der Waals surface area contributed by atoms with Gasteiger partial charge < -0.3 is 0 Å². The first kappa shape index (κ1) is 21.5. The molecule has 2 atom stereocenters. The number of rotatable bonds is 2. The fraction of sp³-hybridized carbons (Fsp3) is 0.688. The summed E-state index contributed by atoms with van der Waals surface area (Å²) in [5.74, 6) is -0.878. The number of ketones is 1. The van der Waals surface area contributed by atoms with E-state index in [1.165, 1.54) is 0 Å². The number of halogens is 7. The Kier molecular flexibility index (Phi) is 7.20.